The molecule has 0 bridgehead atoms. The van der Waals surface area contributed by atoms with Gasteiger partial charge in [-0.2, -0.15) is 17.2 Å². The Morgan fingerprint density at radius 1 is 1.19 bits per heavy atom. The lowest BCUT2D eigenvalue weighted by molar-refractivity contribution is -0.384. The van der Waals surface area contributed by atoms with Crippen molar-refractivity contribution in [3.05, 3.63) is 39.9 Å². The van der Waals surface area contributed by atoms with Crippen LogP contribution in [0.25, 0.3) is 0 Å². The van der Waals surface area contributed by atoms with E-state index in [1.165, 1.54) is 0 Å². The van der Waals surface area contributed by atoms with Crippen LogP contribution in [0.15, 0.2) is 24.3 Å². The van der Waals surface area contributed by atoms with Crippen molar-refractivity contribution in [3.63, 3.8) is 0 Å². The summed E-state index contributed by atoms with van der Waals surface area (Å²) in [6, 6.07) is 3.00. The summed E-state index contributed by atoms with van der Waals surface area (Å²) in [4.78, 5) is 9.68. The Bertz CT molecular complexity index is 620. The number of nitrogens with zero attached hydrogens (tertiary/aromatic N) is 1. The number of hydrogen-bond donors (Lipinski definition) is 0. The molecule has 0 radical (unpaired) electrons. The van der Waals surface area contributed by atoms with Gasteiger partial charge in [-0.3, -0.25) is 14.3 Å². The van der Waals surface area contributed by atoms with Gasteiger partial charge >= 0.3 is 15.4 Å². The lowest BCUT2D eigenvalue weighted by Gasteiger charge is -2.21. The predicted octanol–water partition coefficient (Wildman–Crippen LogP) is 3.04. The summed E-state index contributed by atoms with van der Waals surface area (Å²) >= 11 is 0. The number of halogens is 2. The van der Waals surface area contributed by atoms with E-state index in [0.717, 1.165) is 12.1 Å². The molecule has 0 saturated heterocycles. The van der Waals surface area contributed by atoms with E-state index in [4.69, 9.17) is 0 Å². The number of nitro groups is 1. The first-order valence-electron chi connectivity index (χ1n) is 5.88. The smallest absolute Gasteiger partial charge is 0.265 e. The van der Waals surface area contributed by atoms with Gasteiger partial charge in [0, 0.05) is 17.7 Å². The van der Waals surface area contributed by atoms with Gasteiger partial charge in [0.1, 0.15) is 0 Å². The molecule has 0 aliphatic heterocycles. The van der Waals surface area contributed by atoms with E-state index in [0.29, 0.717) is 12.1 Å². The summed E-state index contributed by atoms with van der Waals surface area (Å²) in [7, 11) is -5.18. The zero-order chi connectivity index (χ0) is 16.5. The molecular weight excluding hydrogens is 308 g/mol. The van der Waals surface area contributed by atoms with E-state index in [9.17, 15) is 27.3 Å². The van der Waals surface area contributed by atoms with Crippen LogP contribution in [-0.4, -0.2) is 19.9 Å². The molecule has 1 aromatic carbocycles. The number of non-ortho nitro benzene ring substituents is 1. The van der Waals surface area contributed by atoms with Crippen molar-refractivity contribution in [2.75, 3.05) is 6.61 Å². The van der Waals surface area contributed by atoms with Gasteiger partial charge in [-0.15, -0.1) is 0 Å². The first kappa shape index (κ1) is 17.4. The zero-order valence-electron chi connectivity index (χ0n) is 11.7. The Morgan fingerprint density at radius 2 is 1.67 bits per heavy atom. The van der Waals surface area contributed by atoms with Crippen LogP contribution in [0, 0.1) is 15.5 Å². The maximum atomic E-state index is 14.0. The molecule has 1 aromatic rings. The number of alkyl halides is 2. The van der Waals surface area contributed by atoms with Crippen molar-refractivity contribution in [1.29, 1.82) is 0 Å². The van der Waals surface area contributed by atoms with Crippen LogP contribution >= 0.6 is 0 Å². The summed E-state index contributed by atoms with van der Waals surface area (Å²) in [5, 5.41) is 6.16. The first-order chi connectivity index (χ1) is 9.37. The van der Waals surface area contributed by atoms with Crippen molar-refractivity contribution < 1.29 is 26.3 Å². The fraction of sp³-hybridized carbons (Fsp3) is 0.500. The van der Waals surface area contributed by atoms with Gasteiger partial charge in [0.05, 0.1) is 11.5 Å². The van der Waals surface area contributed by atoms with Crippen LogP contribution in [-0.2, 0) is 19.6 Å². The third kappa shape index (κ3) is 4.18. The van der Waals surface area contributed by atoms with Crippen molar-refractivity contribution in [1.82, 2.24) is 0 Å². The first-order valence-corrected chi connectivity index (χ1v) is 7.29. The van der Waals surface area contributed by atoms with Crippen molar-refractivity contribution in [2.45, 2.75) is 26.0 Å². The Morgan fingerprint density at radius 3 is 2.05 bits per heavy atom. The lowest BCUT2D eigenvalue weighted by atomic mass is 9.99. The average Bonchev–Trinajstić information content (AvgIpc) is 2.35. The van der Waals surface area contributed by atoms with Gasteiger partial charge in [-0.05, 0) is 17.5 Å². The summed E-state index contributed by atoms with van der Waals surface area (Å²) in [6.07, 6.45) is 0. The summed E-state index contributed by atoms with van der Waals surface area (Å²) in [5.74, 6) is 0. The molecule has 0 spiro atoms. The molecule has 0 amide bonds. The van der Waals surface area contributed by atoms with Crippen molar-refractivity contribution in [3.8, 4) is 0 Å². The second-order valence-electron chi connectivity index (χ2n) is 5.60. The summed E-state index contributed by atoms with van der Waals surface area (Å²) < 4.78 is 55.5. The zero-order valence-corrected chi connectivity index (χ0v) is 12.5. The monoisotopic (exact) mass is 323 g/mol. The third-order valence-corrected chi connectivity index (χ3v) is 3.67. The normalized spacial score (nSPS) is 13.2. The van der Waals surface area contributed by atoms with E-state index in [1.54, 1.807) is 20.8 Å². The summed E-state index contributed by atoms with van der Waals surface area (Å²) in [6.45, 7) is 4.49. The van der Waals surface area contributed by atoms with Gasteiger partial charge in [0.2, 0.25) is 0 Å². The van der Waals surface area contributed by atoms with Gasteiger partial charge in [0.25, 0.3) is 5.69 Å². The second-order valence-corrected chi connectivity index (χ2v) is 7.25. The maximum absolute atomic E-state index is 14.0. The van der Waals surface area contributed by atoms with Gasteiger partial charge < -0.3 is 0 Å². The number of hydrogen-bond acceptors (Lipinski definition) is 5. The maximum Gasteiger partial charge on any atom is 0.395 e. The Labute approximate surface area is 121 Å². The van der Waals surface area contributed by atoms with Gasteiger partial charge in [-0.25, -0.2) is 0 Å². The topological polar surface area (TPSA) is 86.5 Å². The number of rotatable bonds is 5. The molecule has 0 heterocycles. The Hall–Kier alpha value is -1.61. The molecule has 0 N–H and O–H groups in total. The second kappa shape index (κ2) is 5.64. The third-order valence-electron chi connectivity index (χ3n) is 2.38. The molecule has 0 atom stereocenters. The molecule has 6 nitrogen and oxygen atoms in total. The van der Waals surface area contributed by atoms with E-state index < -0.39 is 43.6 Å². The molecule has 0 saturated carbocycles. The largest absolute Gasteiger partial charge is 0.395 e. The van der Waals surface area contributed by atoms with E-state index in [1.807, 2.05) is 0 Å². The number of benzene rings is 1. The minimum Gasteiger partial charge on any atom is -0.265 e. The molecule has 21 heavy (non-hydrogen) atoms. The van der Waals surface area contributed by atoms with E-state index in [2.05, 4.69) is 4.18 Å². The van der Waals surface area contributed by atoms with Crippen molar-refractivity contribution in [2.24, 2.45) is 5.41 Å². The van der Waals surface area contributed by atoms with Crippen LogP contribution in [0.3, 0.4) is 0 Å². The standard InChI is InChI=1S/C12H15F2NO5S/c1-11(2,3)8-20-21(18,19)12(13,14)9-4-6-10(7-5-9)15(16)17/h4-7H,8H2,1-3H3. The quantitative estimate of drug-likeness (QED) is 0.472. The minimum absolute atomic E-state index is 0.405. The molecule has 0 fully saturated rings. The fourth-order valence-electron chi connectivity index (χ4n) is 1.25. The molecule has 0 aliphatic carbocycles. The van der Waals surface area contributed by atoms with Crippen molar-refractivity contribution >= 4 is 15.8 Å². The van der Waals surface area contributed by atoms with Crippen LogP contribution in [0.2, 0.25) is 0 Å². The molecule has 0 unspecified atom stereocenters. The van der Waals surface area contributed by atoms with Crippen LogP contribution < -0.4 is 0 Å². The SMILES string of the molecule is CC(C)(C)COS(=O)(=O)C(F)(F)c1ccc([N+](=O)[O-])cc1. The van der Waals surface area contributed by atoms with Crippen LogP contribution in [0.1, 0.15) is 26.3 Å². The molecule has 118 valence electrons. The molecule has 9 heteroatoms. The Kier molecular flexibility index (Phi) is 4.69. The fourth-order valence-corrected chi connectivity index (χ4v) is 2.33. The Balaban J connectivity index is 3.05. The minimum atomic E-state index is -5.18. The van der Waals surface area contributed by atoms with Gasteiger partial charge in [-0.1, -0.05) is 20.8 Å². The molecule has 0 aromatic heterocycles. The van der Waals surface area contributed by atoms with Crippen LogP contribution in [0.4, 0.5) is 14.5 Å². The average molecular weight is 323 g/mol. The lowest BCUT2D eigenvalue weighted by Crippen LogP contribution is -2.31. The van der Waals surface area contributed by atoms with E-state index >= 15 is 0 Å². The van der Waals surface area contributed by atoms with Gasteiger partial charge in [0.15, 0.2) is 0 Å². The summed E-state index contributed by atoms with van der Waals surface area (Å²) in [5.41, 5.74) is -1.91. The highest BCUT2D eigenvalue weighted by Crippen LogP contribution is 2.36. The highest BCUT2D eigenvalue weighted by Gasteiger charge is 2.48. The number of nitro benzene ring substituents is 1. The highest BCUT2D eigenvalue weighted by atomic mass is 32.2. The molecule has 0 aliphatic rings. The predicted molar refractivity (Wildman–Crippen MR) is 71.3 cm³/mol. The van der Waals surface area contributed by atoms with E-state index in [-0.39, 0.29) is 0 Å². The highest BCUT2D eigenvalue weighted by molar-refractivity contribution is 7.87. The molecule has 1 rings (SSSR count). The molecular formula is C12H15F2NO5S. The van der Waals surface area contributed by atoms with Crippen LogP contribution in [0.5, 0.6) is 0 Å².